The lowest BCUT2D eigenvalue weighted by molar-refractivity contribution is 1.22. The summed E-state index contributed by atoms with van der Waals surface area (Å²) in [5.41, 5.74) is 10.5. The average molecular weight is 551 g/mol. The minimum absolute atomic E-state index is 0.718. The Bertz CT molecular complexity index is 2120. The standard InChI is InChI=1S/C41H30N2/c1-28(30-15-6-3-7-16-30)27-38(32-17-8-4-9-18-32)34-25-26-37-39(29(34)2)42-41(33-20-10-5-11-21-33)43-40(37)36-24-14-22-31-19-12-13-23-35(31)36/h3-27H,1H2,2H3/b38-27-. The highest BCUT2D eigenvalue weighted by Crippen LogP contribution is 2.38. The highest BCUT2D eigenvalue weighted by molar-refractivity contribution is 6.05. The Kier molecular flexibility index (Phi) is 6.94. The third-order valence-corrected chi connectivity index (χ3v) is 8.04. The second-order valence-electron chi connectivity index (χ2n) is 10.7. The van der Waals surface area contributed by atoms with Gasteiger partial charge in [0.2, 0.25) is 0 Å². The van der Waals surface area contributed by atoms with Crippen LogP contribution in [0.25, 0.3) is 55.5 Å². The molecule has 7 rings (SSSR count). The maximum absolute atomic E-state index is 5.22. The van der Waals surface area contributed by atoms with Gasteiger partial charge < -0.3 is 0 Å². The molecule has 0 atom stereocenters. The molecule has 0 aliphatic rings. The fourth-order valence-electron chi connectivity index (χ4n) is 5.82. The van der Waals surface area contributed by atoms with Crippen LogP contribution in [-0.4, -0.2) is 9.97 Å². The zero-order valence-corrected chi connectivity index (χ0v) is 24.0. The Morgan fingerprint density at radius 3 is 1.95 bits per heavy atom. The number of aromatic nitrogens is 2. The van der Waals surface area contributed by atoms with Crippen molar-refractivity contribution in [2.24, 2.45) is 0 Å². The lowest BCUT2D eigenvalue weighted by atomic mass is 9.89. The minimum Gasteiger partial charge on any atom is -0.228 e. The zero-order chi connectivity index (χ0) is 29.2. The van der Waals surface area contributed by atoms with Gasteiger partial charge in [0.25, 0.3) is 0 Å². The van der Waals surface area contributed by atoms with Gasteiger partial charge in [0.1, 0.15) is 0 Å². The summed E-state index contributed by atoms with van der Waals surface area (Å²) in [4.78, 5) is 10.4. The number of nitrogens with zero attached hydrogens (tertiary/aromatic N) is 2. The van der Waals surface area contributed by atoms with Gasteiger partial charge in [-0.25, -0.2) is 9.97 Å². The van der Waals surface area contributed by atoms with E-state index in [0.29, 0.717) is 0 Å². The minimum atomic E-state index is 0.718. The summed E-state index contributed by atoms with van der Waals surface area (Å²) in [6, 6.07) is 50.4. The van der Waals surface area contributed by atoms with Gasteiger partial charge in [-0.15, -0.1) is 0 Å². The molecule has 0 fully saturated rings. The number of allylic oxidation sites excluding steroid dienone is 2. The lowest BCUT2D eigenvalue weighted by Gasteiger charge is -2.17. The molecule has 0 aliphatic heterocycles. The van der Waals surface area contributed by atoms with Gasteiger partial charge in [-0.05, 0) is 63.2 Å². The normalized spacial score (nSPS) is 11.6. The van der Waals surface area contributed by atoms with Crippen molar-refractivity contribution in [2.45, 2.75) is 6.92 Å². The van der Waals surface area contributed by atoms with Crippen LogP contribution >= 0.6 is 0 Å². The summed E-state index contributed by atoms with van der Waals surface area (Å²) in [7, 11) is 0. The van der Waals surface area contributed by atoms with E-state index >= 15 is 0 Å². The van der Waals surface area contributed by atoms with E-state index in [-0.39, 0.29) is 0 Å². The largest absolute Gasteiger partial charge is 0.228 e. The van der Waals surface area contributed by atoms with Crippen molar-refractivity contribution >= 4 is 32.8 Å². The van der Waals surface area contributed by atoms with Crippen LogP contribution in [-0.2, 0) is 0 Å². The number of hydrogen-bond donors (Lipinski definition) is 0. The molecule has 7 aromatic rings. The fourth-order valence-corrected chi connectivity index (χ4v) is 5.82. The van der Waals surface area contributed by atoms with Crippen LogP contribution in [0.15, 0.2) is 158 Å². The molecule has 0 spiro atoms. The van der Waals surface area contributed by atoms with Crippen LogP contribution in [0.1, 0.15) is 22.3 Å². The van der Waals surface area contributed by atoms with Crippen molar-refractivity contribution in [1.82, 2.24) is 9.97 Å². The van der Waals surface area contributed by atoms with Gasteiger partial charge in [0.05, 0.1) is 11.2 Å². The Morgan fingerprint density at radius 2 is 1.21 bits per heavy atom. The molecule has 2 heteroatoms. The van der Waals surface area contributed by atoms with Crippen molar-refractivity contribution in [2.75, 3.05) is 0 Å². The smallest absolute Gasteiger partial charge is 0.160 e. The van der Waals surface area contributed by atoms with Crippen molar-refractivity contribution < 1.29 is 0 Å². The van der Waals surface area contributed by atoms with Crippen LogP contribution in [0.2, 0.25) is 0 Å². The summed E-state index contributed by atoms with van der Waals surface area (Å²) in [6.45, 7) is 6.62. The molecule has 0 saturated carbocycles. The number of hydrogen-bond acceptors (Lipinski definition) is 2. The van der Waals surface area contributed by atoms with E-state index < -0.39 is 0 Å². The van der Waals surface area contributed by atoms with E-state index in [2.05, 4.69) is 141 Å². The quantitative estimate of drug-likeness (QED) is 0.192. The molecular formula is C41H30N2. The molecule has 2 nitrogen and oxygen atoms in total. The topological polar surface area (TPSA) is 25.8 Å². The molecule has 0 radical (unpaired) electrons. The van der Waals surface area contributed by atoms with Gasteiger partial charge in [-0.3, -0.25) is 0 Å². The third kappa shape index (κ3) is 5.05. The Labute approximate surface area is 252 Å². The first-order valence-corrected chi connectivity index (χ1v) is 14.5. The van der Waals surface area contributed by atoms with Crippen molar-refractivity contribution in [1.29, 1.82) is 0 Å². The molecule has 0 amide bonds. The Balaban J connectivity index is 1.50. The predicted molar refractivity (Wildman–Crippen MR) is 182 cm³/mol. The SMILES string of the molecule is C=C(/C=C(/c1ccccc1)c1ccc2c(-c3cccc4ccccc34)nc(-c3ccccc3)nc2c1C)c1ccccc1. The van der Waals surface area contributed by atoms with Gasteiger partial charge in [0, 0.05) is 16.5 Å². The van der Waals surface area contributed by atoms with Gasteiger partial charge in [0.15, 0.2) is 5.82 Å². The monoisotopic (exact) mass is 550 g/mol. The Hall–Kier alpha value is -5.60. The average Bonchev–Trinajstić information content (AvgIpc) is 3.08. The van der Waals surface area contributed by atoms with Crippen LogP contribution in [0.4, 0.5) is 0 Å². The van der Waals surface area contributed by atoms with Gasteiger partial charge >= 0.3 is 0 Å². The molecule has 1 aromatic heterocycles. The molecule has 43 heavy (non-hydrogen) atoms. The number of fused-ring (bicyclic) bond motifs is 2. The Morgan fingerprint density at radius 1 is 0.581 bits per heavy atom. The molecular weight excluding hydrogens is 520 g/mol. The van der Waals surface area contributed by atoms with Crippen molar-refractivity contribution in [3.63, 3.8) is 0 Å². The molecule has 0 bridgehead atoms. The van der Waals surface area contributed by atoms with Crippen LogP contribution < -0.4 is 0 Å². The van der Waals surface area contributed by atoms with Crippen LogP contribution in [0, 0.1) is 6.92 Å². The summed E-state index contributed by atoms with van der Waals surface area (Å²) in [6.07, 6.45) is 2.20. The highest BCUT2D eigenvalue weighted by Gasteiger charge is 2.18. The second-order valence-corrected chi connectivity index (χ2v) is 10.7. The van der Waals surface area contributed by atoms with Gasteiger partial charge in [-0.2, -0.15) is 0 Å². The first-order chi connectivity index (χ1) is 21.2. The second kappa shape index (κ2) is 11.3. The van der Waals surface area contributed by atoms with E-state index in [4.69, 9.17) is 9.97 Å². The molecule has 0 unspecified atom stereocenters. The fraction of sp³-hybridized carbons (Fsp3) is 0.0244. The van der Waals surface area contributed by atoms with Crippen LogP contribution in [0.5, 0.6) is 0 Å². The maximum Gasteiger partial charge on any atom is 0.160 e. The van der Waals surface area contributed by atoms with Crippen molar-refractivity contribution in [3.05, 3.63) is 181 Å². The third-order valence-electron chi connectivity index (χ3n) is 8.04. The molecule has 1 heterocycles. The molecule has 0 saturated heterocycles. The first kappa shape index (κ1) is 26.3. The number of benzene rings is 6. The molecule has 204 valence electrons. The predicted octanol–water partition coefficient (Wildman–Crippen LogP) is 10.6. The maximum atomic E-state index is 5.22. The number of aryl methyl sites for hydroxylation is 1. The summed E-state index contributed by atoms with van der Waals surface area (Å²) in [5.74, 6) is 0.718. The summed E-state index contributed by atoms with van der Waals surface area (Å²) in [5, 5.41) is 3.40. The van der Waals surface area contributed by atoms with E-state index in [9.17, 15) is 0 Å². The van der Waals surface area contributed by atoms with Crippen molar-refractivity contribution in [3.8, 4) is 22.6 Å². The van der Waals surface area contributed by atoms with E-state index in [1.165, 1.54) is 10.8 Å². The number of rotatable bonds is 6. The summed E-state index contributed by atoms with van der Waals surface area (Å²) >= 11 is 0. The summed E-state index contributed by atoms with van der Waals surface area (Å²) < 4.78 is 0. The molecule has 0 aliphatic carbocycles. The van der Waals surface area contributed by atoms with Crippen LogP contribution in [0.3, 0.4) is 0 Å². The highest BCUT2D eigenvalue weighted by atomic mass is 14.9. The van der Waals surface area contributed by atoms with E-state index in [0.717, 1.165) is 66.9 Å². The van der Waals surface area contributed by atoms with E-state index in [1.54, 1.807) is 0 Å². The molecule has 6 aromatic carbocycles. The first-order valence-electron chi connectivity index (χ1n) is 14.5. The van der Waals surface area contributed by atoms with E-state index in [1.807, 2.05) is 24.3 Å². The lowest BCUT2D eigenvalue weighted by Crippen LogP contribution is -2.00. The zero-order valence-electron chi connectivity index (χ0n) is 24.0. The molecule has 0 N–H and O–H groups in total. The van der Waals surface area contributed by atoms with Gasteiger partial charge in [-0.1, -0.05) is 146 Å².